The van der Waals surface area contributed by atoms with Crippen LogP contribution in [0.3, 0.4) is 0 Å². The zero-order chi connectivity index (χ0) is 35.1. The molecule has 8 rings (SSSR count). The summed E-state index contributed by atoms with van der Waals surface area (Å²) in [4.78, 5) is 19.7. The molecule has 2 aliphatic heterocycles. The third-order valence-electron chi connectivity index (χ3n) is 10.8. The summed E-state index contributed by atoms with van der Waals surface area (Å²) in [5.41, 5.74) is 1.94. The highest BCUT2D eigenvalue weighted by atomic mass is 79.9. The molecule has 2 heterocycles. The van der Waals surface area contributed by atoms with Gasteiger partial charge in [-0.05, 0) is 146 Å². The third kappa shape index (κ3) is 5.41. The van der Waals surface area contributed by atoms with Gasteiger partial charge in [0.05, 0.1) is 8.95 Å². The Morgan fingerprint density at radius 1 is 0.660 bits per heavy atom. The first-order valence-electron chi connectivity index (χ1n) is 17.0. The molecule has 0 bridgehead atoms. The monoisotopic (exact) mass is 812 g/mol. The number of anilines is 2. The van der Waals surface area contributed by atoms with Gasteiger partial charge in [-0.3, -0.25) is 4.79 Å². The van der Waals surface area contributed by atoms with Crippen LogP contribution in [0.5, 0.6) is 23.0 Å². The largest absolute Gasteiger partial charge is 0.453 e. The first-order valence-corrected chi connectivity index (χ1v) is 18.5. The number of benzene rings is 4. The lowest BCUT2D eigenvalue weighted by Crippen LogP contribution is -2.60. The number of ether oxygens (including phenoxy) is 2. The summed E-state index contributed by atoms with van der Waals surface area (Å²) in [6, 6.07) is 14.0. The smallest absolute Gasteiger partial charge is 0.183 e. The Morgan fingerprint density at radius 2 is 1.06 bits per heavy atom. The molecule has 0 spiro atoms. The van der Waals surface area contributed by atoms with E-state index in [0.29, 0.717) is 59.0 Å². The number of rotatable bonds is 8. The lowest BCUT2D eigenvalue weighted by atomic mass is 9.86. The average molecular weight is 815 g/mol. The van der Waals surface area contributed by atoms with Crippen LogP contribution in [0.25, 0.3) is 0 Å². The van der Waals surface area contributed by atoms with Crippen LogP contribution < -0.4 is 19.3 Å². The summed E-state index contributed by atoms with van der Waals surface area (Å²) >= 11 is 7.15. The van der Waals surface area contributed by atoms with Crippen LogP contribution in [0.1, 0.15) is 63.5 Å². The number of carbonyl (C=O) groups is 1. The minimum Gasteiger partial charge on any atom is -0.453 e. The van der Waals surface area contributed by atoms with Gasteiger partial charge in [0.2, 0.25) is 0 Å². The van der Waals surface area contributed by atoms with Gasteiger partial charge in [-0.25, -0.2) is 17.6 Å². The number of nitrogens with zero attached hydrogens (tertiary/aromatic N) is 2. The highest BCUT2D eigenvalue weighted by Crippen LogP contribution is 2.60. The van der Waals surface area contributed by atoms with Crippen molar-refractivity contribution >= 4 is 49.0 Å². The van der Waals surface area contributed by atoms with Crippen LogP contribution in [-0.4, -0.2) is 28.9 Å². The van der Waals surface area contributed by atoms with E-state index in [1.807, 2.05) is 24.3 Å². The van der Waals surface area contributed by atoms with Gasteiger partial charge in [-0.1, -0.05) is 0 Å². The second kappa shape index (κ2) is 12.3. The van der Waals surface area contributed by atoms with Crippen molar-refractivity contribution in [3.63, 3.8) is 0 Å². The number of fused-ring (bicyclic) bond motifs is 2. The highest BCUT2D eigenvalue weighted by Gasteiger charge is 2.68. The predicted molar refractivity (Wildman–Crippen MR) is 191 cm³/mol. The zero-order valence-electron chi connectivity index (χ0n) is 27.5. The SMILES string of the molecule is C[C@H]1CCc2c(ccc(Br)c2Oc2cc(F)ccc2F)N1C1(C(=O)C2(N3c4ccc(Br)c(Oc5cc(F)ccc5F)c4CC[C@@H]3C)CC2)CC1. The lowest BCUT2D eigenvalue weighted by Gasteiger charge is -2.48. The Bertz CT molecular complexity index is 1910. The molecule has 0 radical (unpaired) electrons. The number of carbonyl (C=O) groups excluding carboxylic acids is 1. The molecule has 4 aromatic rings. The molecule has 2 aliphatic carbocycles. The average Bonchev–Trinajstić information content (AvgIpc) is 4.03. The van der Waals surface area contributed by atoms with Crippen molar-refractivity contribution in [2.75, 3.05) is 9.80 Å². The molecule has 0 saturated heterocycles. The van der Waals surface area contributed by atoms with E-state index in [1.165, 1.54) is 0 Å². The van der Waals surface area contributed by atoms with Gasteiger partial charge in [-0.15, -0.1) is 0 Å². The van der Waals surface area contributed by atoms with Gasteiger partial charge in [0, 0.05) is 46.7 Å². The number of halogens is 6. The van der Waals surface area contributed by atoms with Crippen LogP contribution in [-0.2, 0) is 17.6 Å². The van der Waals surface area contributed by atoms with E-state index in [0.717, 1.165) is 71.7 Å². The fraction of sp³-hybridized carbons (Fsp3) is 0.359. The normalized spacial score (nSPS) is 21.3. The van der Waals surface area contributed by atoms with E-state index in [-0.39, 0.29) is 29.4 Å². The molecule has 2 atom stereocenters. The van der Waals surface area contributed by atoms with Crippen molar-refractivity contribution < 1.29 is 31.8 Å². The summed E-state index contributed by atoms with van der Waals surface area (Å²) in [5, 5.41) is 0. The van der Waals surface area contributed by atoms with Gasteiger partial charge in [-0.2, -0.15) is 0 Å². The fourth-order valence-corrected chi connectivity index (χ4v) is 9.14. The van der Waals surface area contributed by atoms with Gasteiger partial charge in [0.1, 0.15) is 34.2 Å². The van der Waals surface area contributed by atoms with E-state index >= 15 is 4.79 Å². The summed E-state index contributed by atoms with van der Waals surface area (Å²) in [7, 11) is 0. The Balaban J connectivity index is 1.16. The van der Waals surface area contributed by atoms with E-state index in [1.54, 1.807) is 0 Å². The molecular formula is C39H34Br2F4N2O3. The maximum atomic E-state index is 15.2. The van der Waals surface area contributed by atoms with E-state index in [9.17, 15) is 17.6 Å². The van der Waals surface area contributed by atoms with Crippen molar-refractivity contribution in [1.29, 1.82) is 0 Å². The molecule has 5 nitrogen and oxygen atoms in total. The summed E-state index contributed by atoms with van der Waals surface area (Å²) in [5.74, 6) is -1.94. The van der Waals surface area contributed by atoms with Gasteiger partial charge >= 0.3 is 0 Å². The topological polar surface area (TPSA) is 42.0 Å². The molecule has 0 N–H and O–H groups in total. The van der Waals surface area contributed by atoms with Crippen LogP contribution in [0.2, 0.25) is 0 Å². The molecule has 2 saturated carbocycles. The summed E-state index contributed by atoms with van der Waals surface area (Å²) in [6.45, 7) is 4.27. The maximum Gasteiger partial charge on any atom is 0.183 e. The van der Waals surface area contributed by atoms with E-state index in [4.69, 9.17) is 9.47 Å². The first-order chi connectivity index (χ1) is 23.9. The summed E-state index contributed by atoms with van der Waals surface area (Å²) < 4.78 is 70.9. The van der Waals surface area contributed by atoms with E-state index in [2.05, 4.69) is 55.5 Å². The Labute approximate surface area is 304 Å². The Kier molecular flexibility index (Phi) is 8.25. The van der Waals surface area contributed by atoms with Crippen LogP contribution in [0.4, 0.5) is 28.9 Å². The standard InChI is InChI=1S/C39H34Br2F4N2O3/c1-21-3-7-25-31(13-9-27(40)35(25)49-33-19-23(42)5-11-29(33)44)46(21)38(15-16-38)37(48)39(17-18-39)47-22(2)4-8-26-32(47)14-10-28(41)36(26)50-34-20-24(43)6-12-30(34)45/h5-6,9-14,19-22H,3-4,7-8,15-18H2,1-2H3/t21-,22-/m0/s1. The van der Waals surface area contributed by atoms with Crippen molar-refractivity contribution in [2.24, 2.45) is 0 Å². The second-order valence-corrected chi connectivity index (χ2v) is 15.7. The molecule has 4 aliphatic rings. The van der Waals surface area contributed by atoms with E-state index < -0.39 is 34.3 Å². The number of ketones is 1. The van der Waals surface area contributed by atoms with Gasteiger partial charge in [0.15, 0.2) is 28.9 Å². The fourth-order valence-electron chi connectivity index (χ4n) is 8.23. The molecule has 260 valence electrons. The molecule has 0 unspecified atom stereocenters. The Hall–Kier alpha value is -3.57. The van der Waals surface area contributed by atoms with Crippen molar-refractivity contribution in [3.8, 4) is 23.0 Å². The lowest BCUT2D eigenvalue weighted by molar-refractivity contribution is -0.124. The van der Waals surface area contributed by atoms with Crippen molar-refractivity contribution in [1.82, 2.24) is 0 Å². The number of Topliss-reactive ketones (excluding diaryl/α,β-unsaturated/α-hetero) is 1. The highest BCUT2D eigenvalue weighted by molar-refractivity contribution is 9.11. The minimum absolute atomic E-state index is 0.0490. The van der Waals surface area contributed by atoms with Crippen LogP contribution in [0.15, 0.2) is 69.6 Å². The van der Waals surface area contributed by atoms with Gasteiger partial charge < -0.3 is 19.3 Å². The minimum atomic E-state index is -0.739. The molecule has 2 fully saturated rings. The molecule has 4 aromatic carbocycles. The van der Waals surface area contributed by atoms with Crippen LogP contribution in [0, 0.1) is 23.3 Å². The summed E-state index contributed by atoms with van der Waals surface area (Å²) in [6.07, 6.45) is 5.59. The first kappa shape index (κ1) is 33.6. The Morgan fingerprint density at radius 3 is 1.44 bits per heavy atom. The molecule has 0 amide bonds. The quantitative estimate of drug-likeness (QED) is 0.166. The second-order valence-electron chi connectivity index (χ2n) is 14.0. The molecular weight excluding hydrogens is 780 g/mol. The van der Waals surface area contributed by atoms with Gasteiger partial charge in [0.25, 0.3) is 0 Å². The number of hydrogen-bond acceptors (Lipinski definition) is 5. The third-order valence-corrected chi connectivity index (χ3v) is 12.1. The maximum absolute atomic E-state index is 15.2. The van der Waals surface area contributed by atoms with Crippen molar-refractivity contribution in [3.05, 3.63) is 104 Å². The zero-order valence-corrected chi connectivity index (χ0v) is 30.6. The number of hydrogen-bond donors (Lipinski definition) is 0. The van der Waals surface area contributed by atoms with Crippen molar-refractivity contribution in [2.45, 2.75) is 88.4 Å². The molecule has 11 heteroatoms. The van der Waals surface area contributed by atoms with Crippen LogP contribution >= 0.6 is 31.9 Å². The molecule has 0 aromatic heterocycles. The predicted octanol–water partition coefficient (Wildman–Crippen LogP) is 11.0. The molecule has 50 heavy (non-hydrogen) atoms.